The topological polar surface area (TPSA) is 109 Å². The first-order valence-electron chi connectivity index (χ1n) is 8.78. The van der Waals surface area contributed by atoms with Crippen molar-refractivity contribution >= 4 is 22.7 Å². The average molecular weight is 382 g/mol. The molecule has 2 aromatic heterocycles. The van der Waals surface area contributed by atoms with Gasteiger partial charge in [-0.1, -0.05) is 0 Å². The van der Waals surface area contributed by atoms with Crippen LogP contribution in [0.3, 0.4) is 0 Å². The molecule has 0 bridgehead atoms. The Morgan fingerprint density at radius 3 is 2.68 bits per heavy atom. The van der Waals surface area contributed by atoms with Crippen LogP contribution in [0.25, 0.3) is 11.0 Å². The molecule has 144 valence electrons. The van der Waals surface area contributed by atoms with Gasteiger partial charge < -0.3 is 9.47 Å². The van der Waals surface area contributed by atoms with Crippen LogP contribution < -0.4 is 9.47 Å². The summed E-state index contributed by atoms with van der Waals surface area (Å²) in [6.07, 6.45) is 2.06. The minimum absolute atomic E-state index is 0.0128. The summed E-state index contributed by atoms with van der Waals surface area (Å²) in [7, 11) is 3.18. The molecule has 3 aromatic rings. The van der Waals surface area contributed by atoms with Crippen LogP contribution in [-0.2, 0) is 7.05 Å². The van der Waals surface area contributed by atoms with Crippen LogP contribution in [0.4, 0.5) is 5.69 Å². The van der Waals surface area contributed by atoms with Crippen LogP contribution in [0.2, 0.25) is 0 Å². The molecule has 0 N–H and O–H groups in total. The molecule has 9 nitrogen and oxygen atoms in total. The summed E-state index contributed by atoms with van der Waals surface area (Å²) in [6.45, 7) is 1.80. The minimum Gasteiger partial charge on any atom is -0.493 e. The van der Waals surface area contributed by atoms with Gasteiger partial charge >= 0.3 is 5.97 Å². The first kappa shape index (κ1) is 17.9. The quantitative estimate of drug-likeness (QED) is 0.288. The minimum atomic E-state index is -0.635. The number of carbonyl (C=O) groups is 1. The molecule has 0 unspecified atom stereocenters. The summed E-state index contributed by atoms with van der Waals surface area (Å²) in [5, 5.41) is 16.0. The summed E-state index contributed by atoms with van der Waals surface area (Å²) < 4.78 is 12.3. The monoisotopic (exact) mass is 382 g/mol. The number of ether oxygens (including phenoxy) is 2. The lowest BCUT2D eigenvalue weighted by atomic mass is 10.1. The zero-order valence-corrected chi connectivity index (χ0v) is 15.6. The second-order valence-corrected chi connectivity index (χ2v) is 6.76. The summed E-state index contributed by atoms with van der Waals surface area (Å²) >= 11 is 0. The molecule has 1 aromatic carbocycles. The molecule has 2 heterocycles. The Hall–Kier alpha value is -3.49. The third kappa shape index (κ3) is 3.04. The number of methoxy groups -OCH3 is 1. The maximum Gasteiger partial charge on any atom is 0.344 e. The van der Waals surface area contributed by atoms with E-state index >= 15 is 0 Å². The van der Waals surface area contributed by atoms with Crippen molar-refractivity contribution in [2.45, 2.75) is 25.7 Å². The van der Waals surface area contributed by atoms with Gasteiger partial charge in [-0.2, -0.15) is 5.10 Å². The number of aromatic nitrogens is 3. The number of benzene rings is 1. The van der Waals surface area contributed by atoms with Gasteiger partial charge in [0.05, 0.1) is 34.7 Å². The number of nitrogens with zero attached hydrogens (tertiary/aromatic N) is 4. The van der Waals surface area contributed by atoms with E-state index in [1.165, 1.54) is 25.3 Å². The lowest BCUT2D eigenvalue weighted by Gasteiger charge is -2.11. The zero-order valence-electron chi connectivity index (χ0n) is 15.6. The van der Waals surface area contributed by atoms with E-state index in [4.69, 9.17) is 9.47 Å². The van der Waals surface area contributed by atoms with Crippen LogP contribution in [-0.4, -0.2) is 32.8 Å². The number of nitro benzene ring substituents is 1. The second-order valence-electron chi connectivity index (χ2n) is 6.76. The molecule has 0 aliphatic heterocycles. The molecule has 0 radical (unpaired) electrons. The van der Waals surface area contributed by atoms with Gasteiger partial charge in [-0.15, -0.1) is 0 Å². The number of pyridine rings is 1. The standard InChI is InChI=1S/C19H18N4O5/c1-10-17-13(9-14(11-4-5-11)20-18(17)22(2)21-10)19(24)28-16-8-12(23(25)26)6-7-15(16)27-3/h6-9,11H,4-5H2,1-3H3. The van der Waals surface area contributed by atoms with Gasteiger partial charge in [0.25, 0.3) is 5.69 Å². The van der Waals surface area contributed by atoms with Gasteiger partial charge in [-0.25, -0.2) is 9.78 Å². The van der Waals surface area contributed by atoms with Gasteiger partial charge in [0.15, 0.2) is 17.1 Å². The van der Waals surface area contributed by atoms with Crippen molar-refractivity contribution in [3.05, 3.63) is 51.3 Å². The van der Waals surface area contributed by atoms with Crippen molar-refractivity contribution in [3.8, 4) is 11.5 Å². The Kier molecular flexibility index (Phi) is 4.21. The Bertz CT molecular complexity index is 1120. The summed E-state index contributed by atoms with van der Waals surface area (Å²) in [5.74, 6) is -0.0848. The highest BCUT2D eigenvalue weighted by atomic mass is 16.6. The molecule has 1 aliphatic carbocycles. The normalized spacial score (nSPS) is 13.5. The van der Waals surface area contributed by atoms with Crippen molar-refractivity contribution < 1.29 is 19.2 Å². The predicted octanol–water partition coefficient (Wildman–Crippen LogP) is 3.29. The molecule has 1 aliphatic rings. The number of nitro groups is 1. The third-order valence-corrected chi connectivity index (χ3v) is 4.76. The molecular formula is C19H18N4O5. The number of rotatable bonds is 5. The highest BCUT2D eigenvalue weighted by molar-refractivity contribution is 6.04. The molecule has 4 rings (SSSR count). The van der Waals surface area contributed by atoms with Gasteiger partial charge in [0, 0.05) is 24.7 Å². The Labute approximate surface area is 160 Å². The zero-order chi connectivity index (χ0) is 20.0. The van der Waals surface area contributed by atoms with Gasteiger partial charge in [0.2, 0.25) is 0 Å². The van der Waals surface area contributed by atoms with Crippen LogP contribution in [0.15, 0.2) is 24.3 Å². The van der Waals surface area contributed by atoms with Crippen molar-refractivity contribution in [2.24, 2.45) is 7.05 Å². The van der Waals surface area contributed by atoms with E-state index in [9.17, 15) is 14.9 Å². The molecule has 1 saturated carbocycles. The highest BCUT2D eigenvalue weighted by Crippen LogP contribution is 2.41. The number of fused-ring (bicyclic) bond motifs is 1. The number of non-ortho nitro benzene ring substituents is 1. The van der Waals surface area contributed by atoms with Crippen LogP contribution in [0.1, 0.15) is 40.5 Å². The molecule has 0 saturated heterocycles. The lowest BCUT2D eigenvalue weighted by molar-refractivity contribution is -0.384. The van der Waals surface area contributed by atoms with E-state index in [0.717, 1.165) is 18.5 Å². The molecular weight excluding hydrogens is 364 g/mol. The van der Waals surface area contributed by atoms with E-state index in [-0.39, 0.29) is 17.2 Å². The fourth-order valence-corrected chi connectivity index (χ4v) is 3.23. The predicted molar refractivity (Wildman–Crippen MR) is 99.8 cm³/mol. The summed E-state index contributed by atoms with van der Waals surface area (Å²) in [6, 6.07) is 5.60. The molecule has 0 spiro atoms. The number of hydrogen-bond acceptors (Lipinski definition) is 7. The van der Waals surface area contributed by atoms with E-state index < -0.39 is 10.9 Å². The maximum absolute atomic E-state index is 13.0. The SMILES string of the molecule is COc1ccc([N+](=O)[O-])cc1OC(=O)c1cc(C2CC2)nc2c1c(C)nn2C. The van der Waals surface area contributed by atoms with Crippen molar-refractivity contribution in [1.82, 2.24) is 14.8 Å². The molecule has 0 atom stereocenters. The fourth-order valence-electron chi connectivity index (χ4n) is 3.23. The van der Waals surface area contributed by atoms with Gasteiger partial charge in [-0.3, -0.25) is 14.8 Å². The fraction of sp³-hybridized carbons (Fsp3) is 0.316. The average Bonchev–Trinajstić information content (AvgIpc) is 3.47. The highest BCUT2D eigenvalue weighted by Gasteiger charge is 2.29. The Balaban J connectivity index is 1.79. The van der Waals surface area contributed by atoms with Crippen molar-refractivity contribution in [1.29, 1.82) is 0 Å². The number of aryl methyl sites for hydroxylation is 2. The first-order chi connectivity index (χ1) is 13.4. The number of carbonyl (C=O) groups excluding carboxylic acids is 1. The van der Waals surface area contributed by atoms with Crippen molar-refractivity contribution in [2.75, 3.05) is 7.11 Å². The Morgan fingerprint density at radius 1 is 1.29 bits per heavy atom. The molecule has 1 fully saturated rings. The maximum atomic E-state index is 13.0. The van der Waals surface area contributed by atoms with Crippen molar-refractivity contribution in [3.63, 3.8) is 0 Å². The lowest BCUT2D eigenvalue weighted by Crippen LogP contribution is -2.12. The molecule has 28 heavy (non-hydrogen) atoms. The number of esters is 1. The van der Waals surface area contributed by atoms with E-state index in [1.54, 1.807) is 24.7 Å². The second kappa shape index (κ2) is 6.59. The van der Waals surface area contributed by atoms with Crippen LogP contribution >= 0.6 is 0 Å². The van der Waals surface area contributed by atoms with Crippen LogP contribution in [0.5, 0.6) is 11.5 Å². The largest absolute Gasteiger partial charge is 0.493 e. The van der Waals surface area contributed by atoms with E-state index in [1.807, 2.05) is 0 Å². The first-order valence-corrected chi connectivity index (χ1v) is 8.78. The summed E-state index contributed by atoms with van der Waals surface area (Å²) in [5.41, 5.74) is 2.24. The van der Waals surface area contributed by atoms with Crippen LogP contribution in [0, 0.1) is 17.0 Å². The molecule has 0 amide bonds. The summed E-state index contributed by atoms with van der Waals surface area (Å²) in [4.78, 5) is 28.2. The number of hydrogen-bond donors (Lipinski definition) is 0. The van der Waals surface area contributed by atoms with E-state index in [0.29, 0.717) is 28.2 Å². The smallest absolute Gasteiger partial charge is 0.344 e. The van der Waals surface area contributed by atoms with Gasteiger partial charge in [0.1, 0.15) is 0 Å². The van der Waals surface area contributed by atoms with Gasteiger partial charge in [-0.05, 0) is 31.9 Å². The third-order valence-electron chi connectivity index (χ3n) is 4.76. The Morgan fingerprint density at radius 2 is 2.04 bits per heavy atom. The van der Waals surface area contributed by atoms with E-state index in [2.05, 4.69) is 10.1 Å². The molecule has 9 heteroatoms.